The van der Waals surface area contributed by atoms with E-state index in [-0.39, 0.29) is 5.41 Å². The van der Waals surface area contributed by atoms with Gasteiger partial charge in [-0.25, -0.2) is 0 Å². The van der Waals surface area contributed by atoms with Crippen LogP contribution in [-0.4, -0.2) is 61.8 Å². The Labute approximate surface area is 178 Å². The van der Waals surface area contributed by atoms with Crippen LogP contribution in [0.15, 0.2) is 42.9 Å². The molecule has 6 heteroatoms. The number of aryl methyl sites for hydroxylation is 1. The molecule has 30 heavy (non-hydrogen) atoms. The summed E-state index contributed by atoms with van der Waals surface area (Å²) < 4.78 is 2.13. The van der Waals surface area contributed by atoms with Crippen LogP contribution < -0.4 is 0 Å². The van der Waals surface area contributed by atoms with E-state index in [2.05, 4.69) is 74.7 Å². The van der Waals surface area contributed by atoms with E-state index in [0.29, 0.717) is 12.0 Å². The van der Waals surface area contributed by atoms with Crippen LogP contribution in [0.5, 0.6) is 0 Å². The summed E-state index contributed by atoms with van der Waals surface area (Å²) in [5.74, 6) is 1.58. The molecule has 5 rings (SSSR count). The summed E-state index contributed by atoms with van der Waals surface area (Å²) in [6, 6.07) is 11.3. The molecule has 2 aliphatic rings. The van der Waals surface area contributed by atoms with E-state index in [1.807, 2.05) is 18.6 Å². The third-order valence-electron chi connectivity index (χ3n) is 7.41. The highest BCUT2D eigenvalue weighted by Crippen LogP contribution is 2.49. The van der Waals surface area contributed by atoms with E-state index in [1.165, 1.54) is 36.9 Å². The molecule has 0 bridgehead atoms. The number of piperidine rings is 1. The van der Waals surface area contributed by atoms with Gasteiger partial charge in [-0.05, 0) is 56.8 Å². The van der Waals surface area contributed by atoms with Crippen molar-refractivity contribution >= 4 is 10.9 Å². The lowest BCUT2D eigenvalue weighted by Crippen LogP contribution is -2.46. The standard InChI is InChI=1S/C24H32N6/c1-18(2)30-12-9-24(10-13-30)16-29(15-21(24)23-27-26-17-28(23)3)14-20-7-4-6-19-8-5-11-25-22(19)20/h4-8,11,17-18,21H,9-10,12-16H2,1-3H3. The first-order chi connectivity index (χ1) is 14.6. The molecule has 0 saturated carbocycles. The average Bonchev–Trinajstić information content (AvgIpc) is 3.31. The van der Waals surface area contributed by atoms with Crippen LogP contribution in [-0.2, 0) is 13.6 Å². The SMILES string of the molecule is CC(C)N1CCC2(CC1)CN(Cc1cccc3cccnc13)CC2c1nncn1C. The highest BCUT2D eigenvalue weighted by molar-refractivity contribution is 5.81. The van der Waals surface area contributed by atoms with E-state index >= 15 is 0 Å². The van der Waals surface area contributed by atoms with Crippen LogP contribution in [0.1, 0.15) is 44.0 Å². The molecule has 2 aliphatic heterocycles. The van der Waals surface area contributed by atoms with E-state index < -0.39 is 0 Å². The molecule has 2 saturated heterocycles. The van der Waals surface area contributed by atoms with Crippen molar-refractivity contribution in [2.24, 2.45) is 12.5 Å². The maximum atomic E-state index is 4.68. The Morgan fingerprint density at radius 3 is 2.67 bits per heavy atom. The van der Waals surface area contributed by atoms with Crippen molar-refractivity contribution < 1.29 is 0 Å². The summed E-state index contributed by atoms with van der Waals surface area (Å²) >= 11 is 0. The van der Waals surface area contributed by atoms with Gasteiger partial charge in [-0.1, -0.05) is 24.3 Å². The number of pyridine rings is 1. The molecule has 0 radical (unpaired) electrons. The zero-order valence-corrected chi connectivity index (χ0v) is 18.3. The van der Waals surface area contributed by atoms with Crippen LogP contribution in [0.2, 0.25) is 0 Å². The van der Waals surface area contributed by atoms with Crippen LogP contribution in [0.3, 0.4) is 0 Å². The van der Waals surface area contributed by atoms with Crippen molar-refractivity contribution in [1.29, 1.82) is 0 Å². The van der Waals surface area contributed by atoms with Crippen LogP contribution in [0, 0.1) is 5.41 Å². The first-order valence-corrected chi connectivity index (χ1v) is 11.2. The maximum absolute atomic E-state index is 4.68. The molecule has 2 aromatic heterocycles. The van der Waals surface area contributed by atoms with Crippen molar-refractivity contribution in [1.82, 2.24) is 29.5 Å². The average molecular weight is 405 g/mol. The molecule has 158 valence electrons. The summed E-state index contributed by atoms with van der Waals surface area (Å²) in [6.07, 6.45) is 6.21. The number of hydrogen-bond donors (Lipinski definition) is 0. The molecule has 0 amide bonds. The quantitative estimate of drug-likeness (QED) is 0.667. The molecule has 1 spiro atoms. The second kappa shape index (κ2) is 7.75. The van der Waals surface area contributed by atoms with Gasteiger partial charge in [-0.15, -0.1) is 10.2 Å². The van der Waals surface area contributed by atoms with Crippen LogP contribution >= 0.6 is 0 Å². The van der Waals surface area contributed by atoms with Gasteiger partial charge in [-0.2, -0.15) is 0 Å². The Hall–Kier alpha value is -2.31. The number of benzene rings is 1. The Balaban J connectivity index is 1.43. The minimum atomic E-state index is 0.282. The zero-order chi connectivity index (χ0) is 20.7. The second-order valence-electron chi connectivity index (χ2n) is 9.51. The van der Waals surface area contributed by atoms with E-state index in [9.17, 15) is 0 Å². The largest absolute Gasteiger partial charge is 0.320 e. The molecule has 0 N–H and O–H groups in total. The van der Waals surface area contributed by atoms with Crippen molar-refractivity contribution in [3.05, 3.63) is 54.2 Å². The van der Waals surface area contributed by atoms with Crippen molar-refractivity contribution in [2.75, 3.05) is 26.2 Å². The highest BCUT2D eigenvalue weighted by atomic mass is 15.3. The van der Waals surface area contributed by atoms with Gasteiger partial charge in [0.25, 0.3) is 0 Å². The highest BCUT2D eigenvalue weighted by Gasteiger charge is 2.50. The van der Waals surface area contributed by atoms with Crippen LogP contribution in [0.25, 0.3) is 10.9 Å². The number of fused-ring (bicyclic) bond motifs is 1. The maximum Gasteiger partial charge on any atom is 0.137 e. The Kier molecular flexibility index (Phi) is 5.07. The zero-order valence-electron chi connectivity index (χ0n) is 18.3. The van der Waals surface area contributed by atoms with Crippen molar-refractivity contribution in [3.8, 4) is 0 Å². The second-order valence-corrected chi connectivity index (χ2v) is 9.51. The van der Waals surface area contributed by atoms with Gasteiger partial charge in [0, 0.05) is 50.2 Å². The summed E-state index contributed by atoms with van der Waals surface area (Å²) in [5.41, 5.74) is 2.73. The van der Waals surface area contributed by atoms with E-state index in [0.717, 1.165) is 31.0 Å². The molecule has 2 fully saturated rings. The van der Waals surface area contributed by atoms with Gasteiger partial charge in [0.1, 0.15) is 12.2 Å². The molecule has 4 heterocycles. The van der Waals surface area contributed by atoms with Gasteiger partial charge in [0.2, 0.25) is 0 Å². The fourth-order valence-corrected chi connectivity index (χ4v) is 5.68. The predicted molar refractivity (Wildman–Crippen MR) is 119 cm³/mol. The fourth-order valence-electron chi connectivity index (χ4n) is 5.68. The first-order valence-electron chi connectivity index (χ1n) is 11.2. The summed E-state index contributed by atoms with van der Waals surface area (Å²) in [6.45, 7) is 10.1. The Morgan fingerprint density at radius 1 is 1.13 bits per heavy atom. The Morgan fingerprint density at radius 2 is 1.93 bits per heavy atom. The molecule has 0 aliphatic carbocycles. The first kappa shape index (κ1) is 19.6. The predicted octanol–water partition coefficient (Wildman–Crippen LogP) is 3.45. The van der Waals surface area contributed by atoms with Gasteiger partial charge in [0.15, 0.2) is 0 Å². The Bertz CT molecular complexity index is 1010. The molecular formula is C24H32N6. The minimum Gasteiger partial charge on any atom is -0.320 e. The lowest BCUT2D eigenvalue weighted by Gasteiger charge is -2.43. The van der Waals surface area contributed by atoms with Gasteiger partial charge in [-0.3, -0.25) is 9.88 Å². The van der Waals surface area contributed by atoms with Crippen molar-refractivity contribution in [2.45, 2.75) is 45.2 Å². The smallest absolute Gasteiger partial charge is 0.137 e. The van der Waals surface area contributed by atoms with Gasteiger partial charge >= 0.3 is 0 Å². The monoisotopic (exact) mass is 404 g/mol. The normalized spacial score (nSPS) is 22.5. The number of aromatic nitrogens is 4. The number of likely N-dealkylation sites (tertiary alicyclic amines) is 2. The number of rotatable bonds is 4. The lowest BCUT2D eigenvalue weighted by atomic mass is 9.70. The van der Waals surface area contributed by atoms with Gasteiger partial charge in [0.05, 0.1) is 5.52 Å². The van der Waals surface area contributed by atoms with Crippen LogP contribution in [0.4, 0.5) is 0 Å². The molecular weight excluding hydrogens is 372 g/mol. The number of hydrogen-bond acceptors (Lipinski definition) is 5. The third-order valence-corrected chi connectivity index (χ3v) is 7.41. The number of nitrogens with zero attached hydrogens (tertiary/aromatic N) is 6. The molecule has 1 atom stereocenters. The summed E-state index contributed by atoms with van der Waals surface area (Å²) in [4.78, 5) is 9.93. The summed E-state index contributed by atoms with van der Waals surface area (Å²) in [7, 11) is 2.09. The van der Waals surface area contributed by atoms with Crippen molar-refractivity contribution in [3.63, 3.8) is 0 Å². The molecule has 1 aromatic carbocycles. The minimum absolute atomic E-state index is 0.282. The number of para-hydroxylation sites is 1. The lowest BCUT2D eigenvalue weighted by molar-refractivity contribution is 0.0748. The molecule has 1 unspecified atom stereocenters. The van der Waals surface area contributed by atoms with E-state index in [4.69, 9.17) is 0 Å². The summed E-state index contributed by atoms with van der Waals surface area (Å²) in [5, 5.41) is 9.99. The topological polar surface area (TPSA) is 50.1 Å². The molecule has 3 aromatic rings. The van der Waals surface area contributed by atoms with Gasteiger partial charge < -0.3 is 9.47 Å². The third kappa shape index (κ3) is 3.42. The fraction of sp³-hybridized carbons (Fsp3) is 0.542. The molecule has 6 nitrogen and oxygen atoms in total. The van der Waals surface area contributed by atoms with E-state index in [1.54, 1.807) is 0 Å².